The van der Waals surface area contributed by atoms with E-state index in [0.29, 0.717) is 0 Å². The minimum atomic E-state index is -0.400. The summed E-state index contributed by atoms with van der Waals surface area (Å²) < 4.78 is 24.4. The summed E-state index contributed by atoms with van der Waals surface area (Å²) in [6, 6.07) is 0. The molecule has 0 N–H and O–H groups in total. The molecule has 0 fully saturated rings. The summed E-state index contributed by atoms with van der Waals surface area (Å²) in [6.45, 7) is 0. The maximum absolute atomic E-state index is 12.2. The summed E-state index contributed by atoms with van der Waals surface area (Å²) in [5.41, 5.74) is 0. The van der Waals surface area contributed by atoms with Crippen LogP contribution in [0, 0.1) is 0 Å². The van der Waals surface area contributed by atoms with Gasteiger partial charge < -0.3 is 0 Å². The van der Waals surface area contributed by atoms with Crippen LogP contribution >= 0.6 is 0 Å². The Kier molecular flexibility index (Phi) is 1.78. The fourth-order valence-electron chi connectivity index (χ4n) is 0.578. The lowest BCUT2D eigenvalue weighted by atomic mass is 10.3. The quantitative estimate of drug-likeness (QED) is 0.470. The fraction of sp³-hybridized carbons (Fsp3) is 0.143. The molecule has 0 saturated carbocycles. The van der Waals surface area contributed by atoms with Crippen LogP contribution < -0.4 is 0 Å². The van der Waals surface area contributed by atoms with Crippen molar-refractivity contribution in [3.63, 3.8) is 0 Å². The third-order valence-electron chi connectivity index (χ3n) is 1.01. The Morgan fingerprint density at radius 1 is 1.22 bits per heavy atom. The summed E-state index contributed by atoms with van der Waals surface area (Å²) in [7, 11) is 0. The SMILES string of the molecule is FC1=CC=C(F)CC=C1. The average Bonchev–Trinajstić information content (AvgIpc) is 1.97. The first-order valence-electron chi connectivity index (χ1n) is 2.67. The first kappa shape index (κ1) is 6.20. The second kappa shape index (κ2) is 2.58. The normalized spacial score (nSPS) is 18.4. The van der Waals surface area contributed by atoms with Crippen LogP contribution in [-0.2, 0) is 0 Å². The van der Waals surface area contributed by atoms with E-state index in [2.05, 4.69) is 0 Å². The topological polar surface area (TPSA) is 0 Å². The van der Waals surface area contributed by atoms with Gasteiger partial charge in [-0.3, -0.25) is 0 Å². The number of rotatable bonds is 0. The molecule has 0 nitrogen and oxygen atoms in total. The van der Waals surface area contributed by atoms with Gasteiger partial charge in [-0.1, -0.05) is 6.08 Å². The molecular weight excluding hydrogens is 122 g/mol. The third-order valence-corrected chi connectivity index (χ3v) is 1.01. The lowest BCUT2D eigenvalue weighted by Gasteiger charge is -1.81. The summed E-state index contributed by atoms with van der Waals surface area (Å²) in [5, 5.41) is 0. The van der Waals surface area contributed by atoms with Gasteiger partial charge in [-0.25, -0.2) is 8.78 Å². The molecular formula is C7H6F2. The highest BCUT2D eigenvalue weighted by atomic mass is 19.1. The number of halogens is 2. The van der Waals surface area contributed by atoms with Gasteiger partial charge in [0.1, 0.15) is 11.7 Å². The van der Waals surface area contributed by atoms with Crippen LogP contribution in [0.3, 0.4) is 0 Å². The minimum Gasteiger partial charge on any atom is -0.211 e. The molecule has 0 aromatic rings. The second-order valence-corrected chi connectivity index (χ2v) is 1.77. The van der Waals surface area contributed by atoms with Crippen molar-refractivity contribution in [3.8, 4) is 0 Å². The van der Waals surface area contributed by atoms with Gasteiger partial charge in [0, 0.05) is 6.42 Å². The monoisotopic (exact) mass is 128 g/mol. The van der Waals surface area contributed by atoms with Gasteiger partial charge in [0.25, 0.3) is 0 Å². The highest BCUT2D eigenvalue weighted by Gasteiger charge is 1.94. The molecule has 0 bridgehead atoms. The van der Waals surface area contributed by atoms with Crippen LogP contribution in [-0.4, -0.2) is 0 Å². The molecule has 0 aromatic heterocycles. The predicted molar refractivity (Wildman–Crippen MR) is 32.1 cm³/mol. The van der Waals surface area contributed by atoms with Gasteiger partial charge in [0.05, 0.1) is 0 Å². The molecule has 0 amide bonds. The summed E-state index contributed by atoms with van der Waals surface area (Å²) in [5.74, 6) is -0.707. The molecule has 1 aliphatic carbocycles. The Morgan fingerprint density at radius 3 is 2.78 bits per heavy atom. The van der Waals surface area contributed by atoms with E-state index >= 15 is 0 Å². The maximum Gasteiger partial charge on any atom is 0.122 e. The Bertz CT molecular complexity index is 187. The summed E-state index contributed by atoms with van der Waals surface area (Å²) in [4.78, 5) is 0. The molecule has 9 heavy (non-hydrogen) atoms. The van der Waals surface area contributed by atoms with E-state index in [4.69, 9.17) is 0 Å². The van der Waals surface area contributed by atoms with Crippen LogP contribution in [0.1, 0.15) is 6.42 Å². The molecule has 0 aromatic carbocycles. The molecule has 48 valence electrons. The van der Waals surface area contributed by atoms with Crippen molar-refractivity contribution in [1.29, 1.82) is 0 Å². The smallest absolute Gasteiger partial charge is 0.122 e. The van der Waals surface area contributed by atoms with Crippen molar-refractivity contribution in [2.24, 2.45) is 0 Å². The van der Waals surface area contributed by atoms with Crippen LogP contribution in [0.15, 0.2) is 36.0 Å². The van der Waals surface area contributed by atoms with Gasteiger partial charge in [-0.15, -0.1) is 0 Å². The van der Waals surface area contributed by atoms with Gasteiger partial charge >= 0.3 is 0 Å². The molecule has 0 radical (unpaired) electrons. The Morgan fingerprint density at radius 2 is 2.00 bits per heavy atom. The zero-order valence-electron chi connectivity index (χ0n) is 4.77. The van der Waals surface area contributed by atoms with Crippen molar-refractivity contribution < 1.29 is 8.78 Å². The Hall–Kier alpha value is -0.920. The van der Waals surface area contributed by atoms with Gasteiger partial charge in [-0.2, -0.15) is 0 Å². The van der Waals surface area contributed by atoms with Crippen LogP contribution in [0.25, 0.3) is 0 Å². The molecule has 0 unspecified atom stereocenters. The third kappa shape index (κ3) is 1.80. The minimum absolute atomic E-state index is 0.198. The van der Waals surface area contributed by atoms with E-state index in [1.165, 1.54) is 12.2 Å². The Labute approximate surface area is 52.2 Å². The number of hydrogen-bond donors (Lipinski definition) is 0. The molecule has 1 aliphatic rings. The van der Waals surface area contributed by atoms with Crippen LogP contribution in [0.4, 0.5) is 8.78 Å². The summed E-state index contributed by atoms with van der Waals surface area (Å²) >= 11 is 0. The second-order valence-electron chi connectivity index (χ2n) is 1.77. The van der Waals surface area contributed by atoms with E-state index in [-0.39, 0.29) is 12.2 Å². The first-order valence-corrected chi connectivity index (χ1v) is 2.67. The predicted octanol–water partition coefficient (Wildman–Crippen LogP) is 2.65. The molecule has 0 saturated heterocycles. The molecule has 0 heterocycles. The van der Waals surface area contributed by atoms with Crippen LogP contribution in [0.5, 0.6) is 0 Å². The number of hydrogen-bond acceptors (Lipinski definition) is 0. The highest BCUT2D eigenvalue weighted by Crippen LogP contribution is 2.11. The van der Waals surface area contributed by atoms with Crippen molar-refractivity contribution in [3.05, 3.63) is 36.0 Å². The van der Waals surface area contributed by atoms with Gasteiger partial charge in [-0.05, 0) is 18.2 Å². The zero-order chi connectivity index (χ0) is 6.69. The van der Waals surface area contributed by atoms with E-state index in [1.807, 2.05) is 0 Å². The lowest BCUT2D eigenvalue weighted by Crippen LogP contribution is -1.63. The highest BCUT2D eigenvalue weighted by molar-refractivity contribution is 5.24. The molecule has 2 heteroatoms. The standard InChI is InChI=1S/C7H6F2/c8-6-2-1-3-7(9)5-4-6/h1-2,4-5H,3H2. The van der Waals surface area contributed by atoms with E-state index < -0.39 is 5.83 Å². The summed E-state index contributed by atoms with van der Waals surface area (Å²) in [6.07, 6.45) is 5.14. The number of allylic oxidation sites excluding steroid dienone is 6. The average molecular weight is 128 g/mol. The van der Waals surface area contributed by atoms with Crippen molar-refractivity contribution in [2.75, 3.05) is 0 Å². The fourth-order valence-corrected chi connectivity index (χ4v) is 0.578. The van der Waals surface area contributed by atoms with Gasteiger partial charge in [0.15, 0.2) is 0 Å². The molecule has 0 atom stereocenters. The largest absolute Gasteiger partial charge is 0.211 e. The van der Waals surface area contributed by atoms with Crippen molar-refractivity contribution in [2.45, 2.75) is 6.42 Å². The van der Waals surface area contributed by atoms with E-state index in [0.717, 1.165) is 12.2 Å². The Balaban J connectivity index is 2.80. The lowest BCUT2D eigenvalue weighted by molar-refractivity contribution is 0.618. The van der Waals surface area contributed by atoms with Gasteiger partial charge in [0.2, 0.25) is 0 Å². The molecule has 1 rings (SSSR count). The van der Waals surface area contributed by atoms with Crippen molar-refractivity contribution >= 4 is 0 Å². The van der Waals surface area contributed by atoms with Crippen LogP contribution in [0.2, 0.25) is 0 Å². The first-order chi connectivity index (χ1) is 4.29. The maximum atomic E-state index is 12.2. The molecule has 0 spiro atoms. The van der Waals surface area contributed by atoms with Crippen molar-refractivity contribution in [1.82, 2.24) is 0 Å². The zero-order valence-corrected chi connectivity index (χ0v) is 4.77. The van der Waals surface area contributed by atoms with E-state index in [9.17, 15) is 8.78 Å². The van der Waals surface area contributed by atoms with E-state index in [1.54, 1.807) is 0 Å². The molecule has 0 aliphatic heterocycles.